The van der Waals surface area contributed by atoms with Crippen LogP contribution in [0, 0.1) is 12.3 Å². The minimum absolute atomic E-state index is 0.0584. The molecule has 5 rings (SSSR count). The lowest BCUT2D eigenvalue weighted by molar-refractivity contribution is 0.0982. The van der Waals surface area contributed by atoms with Gasteiger partial charge in [-0.1, -0.05) is 36.4 Å². The number of nitrogens with one attached hydrogen (secondary N) is 1. The molecule has 0 saturated carbocycles. The molecule has 1 amide bonds. The number of aryl methyl sites for hydroxylation is 1. The molecule has 0 spiro atoms. The summed E-state index contributed by atoms with van der Waals surface area (Å²) in [5.74, 6) is -0.276. The Balaban J connectivity index is 1.51. The zero-order valence-corrected chi connectivity index (χ0v) is 20.3. The van der Waals surface area contributed by atoms with E-state index in [4.69, 9.17) is 16.3 Å². The molecule has 0 aliphatic carbocycles. The number of hydrogen-bond donors (Lipinski definition) is 3. The first-order valence-electron chi connectivity index (χ1n) is 11.2. The minimum atomic E-state index is -3.89. The number of amidine groups is 1. The predicted octanol–water partition coefficient (Wildman–Crippen LogP) is 2.98. The average Bonchev–Trinajstić information content (AvgIpc) is 3.46. The van der Waals surface area contributed by atoms with E-state index in [9.17, 15) is 13.2 Å². The highest BCUT2D eigenvalue weighted by Crippen LogP contribution is 2.35. The summed E-state index contributed by atoms with van der Waals surface area (Å²) < 4.78 is 25.7. The quantitative estimate of drug-likeness (QED) is 0.285. The molecule has 5 N–H and O–H groups in total. The summed E-state index contributed by atoms with van der Waals surface area (Å²) in [6.45, 7) is 2.29. The van der Waals surface area contributed by atoms with Gasteiger partial charge in [0.1, 0.15) is 11.5 Å². The Labute approximate surface area is 208 Å². The van der Waals surface area contributed by atoms with Crippen LogP contribution < -0.4 is 15.8 Å². The van der Waals surface area contributed by atoms with Crippen molar-refractivity contribution in [1.29, 1.82) is 5.41 Å². The van der Waals surface area contributed by atoms with Crippen molar-refractivity contribution in [1.82, 2.24) is 9.78 Å². The average molecular weight is 501 g/mol. The van der Waals surface area contributed by atoms with Gasteiger partial charge in [-0.15, -0.1) is 0 Å². The van der Waals surface area contributed by atoms with Crippen molar-refractivity contribution in [3.05, 3.63) is 95.3 Å². The van der Waals surface area contributed by atoms with Gasteiger partial charge < -0.3 is 10.6 Å². The number of rotatable bonds is 5. The van der Waals surface area contributed by atoms with Crippen LogP contribution in [0.25, 0.3) is 16.8 Å². The highest BCUT2D eigenvalue weighted by Gasteiger charge is 2.29. The summed E-state index contributed by atoms with van der Waals surface area (Å²) in [5.41, 5.74) is 10.8. The van der Waals surface area contributed by atoms with Crippen LogP contribution in [0.1, 0.15) is 27.3 Å². The molecule has 182 valence electrons. The Hall–Kier alpha value is -4.28. The third kappa shape index (κ3) is 4.16. The SMILES string of the molecule is Cc1cc(C(=O)N2CCc3cc(-c4ccccc4S(N)(=O)=O)ccc32)n(-c2cccc(C(=N)N)c2)n1. The van der Waals surface area contributed by atoms with Crippen LogP contribution in [0.3, 0.4) is 0 Å². The number of nitrogens with zero attached hydrogens (tertiary/aromatic N) is 3. The van der Waals surface area contributed by atoms with Gasteiger partial charge in [0, 0.05) is 23.4 Å². The minimum Gasteiger partial charge on any atom is -0.384 e. The van der Waals surface area contributed by atoms with E-state index in [0.717, 1.165) is 16.8 Å². The first-order chi connectivity index (χ1) is 17.1. The number of hydrogen-bond acceptors (Lipinski definition) is 5. The van der Waals surface area contributed by atoms with Crippen molar-refractivity contribution in [3.63, 3.8) is 0 Å². The number of sulfonamides is 1. The van der Waals surface area contributed by atoms with Gasteiger partial charge in [0.2, 0.25) is 10.0 Å². The van der Waals surface area contributed by atoms with Crippen LogP contribution in [0.2, 0.25) is 0 Å². The van der Waals surface area contributed by atoms with Crippen molar-refractivity contribution in [2.75, 3.05) is 11.4 Å². The van der Waals surface area contributed by atoms with Crippen molar-refractivity contribution < 1.29 is 13.2 Å². The van der Waals surface area contributed by atoms with Crippen LogP contribution in [0.4, 0.5) is 5.69 Å². The maximum Gasteiger partial charge on any atom is 0.277 e. The van der Waals surface area contributed by atoms with Gasteiger partial charge in [-0.25, -0.2) is 18.2 Å². The molecule has 0 fully saturated rings. The number of anilines is 1. The summed E-state index contributed by atoms with van der Waals surface area (Å²) in [6.07, 6.45) is 0.624. The lowest BCUT2D eigenvalue weighted by atomic mass is 10.0. The largest absolute Gasteiger partial charge is 0.384 e. The molecule has 0 unspecified atom stereocenters. The molecule has 10 heteroatoms. The fourth-order valence-corrected chi connectivity index (χ4v) is 5.29. The van der Waals surface area contributed by atoms with Crippen molar-refractivity contribution in [2.24, 2.45) is 10.9 Å². The molecule has 4 aromatic rings. The molecular formula is C26H24N6O3S. The number of benzene rings is 3. The molecule has 1 aromatic heterocycles. The van der Waals surface area contributed by atoms with E-state index in [1.807, 2.05) is 25.1 Å². The Morgan fingerprint density at radius 2 is 1.81 bits per heavy atom. The molecule has 1 aliphatic heterocycles. The number of nitrogens with two attached hydrogens (primary N) is 2. The molecule has 0 atom stereocenters. The predicted molar refractivity (Wildman–Crippen MR) is 138 cm³/mol. The topological polar surface area (TPSA) is 148 Å². The molecule has 36 heavy (non-hydrogen) atoms. The number of carbonyl (C=O) groups excluding carboxylic acids is 1. The first kappa shape index (κ1) is 23.5. The zero-order chi connectivity index (χ0) is 25.6. The Bertz CT molecular complexity index is 1640. The van der Waals surface area contributed by atoms with E-state index in [2.05, 4.69) is 5.10 Å². The van der Waals surface area contributed by atoms with Crippen molar-refractivity contribution in [3.8, 4) is 16.8 Å². The monoisotopic (exact) mass is 500 g/mol. The summed E-state index contributed by atoms with van der Waals surface area (Å²) >= 11 is 0. The summed E-state index contributed by atoms with van der Waals surface area (Å²) in [7, 11) is -3.89. The fraction of sp³-hybridized carbons (Fsp3) is 0.115. The Morgan fingerprint density at radius 1 is 1.03 bits per heavy atom. The molecule has 2 heterocycles. The number of aromatic nitrogens is 2. The number of fused-ring (bicyclic) bond motifs is 1. The van der Waals surface area contributed by atoms with Gasteiger partial charge in [0.15, 0.2) is 0 Å². The van der Waals surface area contributed by atoms with Gasteiger partial charge in [-0.2, -0.15) is 5.10 Å². The summed E-state index contributed by atoms with van der Waals surface area (Å²) in [5, 5.41) is 17.6. The smallest absolute Gasteiger partial charge is 0.277 e. The third-order valence-electron chi connectivity index (χ3n) is 6.18. The van der Waals surface area contributed by atoms with Gasteiger partial charge in [0.25, 0.3) is 5.91 Å². The molecule has 0 radical (unpaired) electrons. The number of primary sulfonamides is 1. The van der Waals surface area contributed by atoms with Crippen LogP contribution in [0.15, 0.2) is 77.7 Å². The number of amides is 1. The van der Waals surface area contributed by atoms with E-state index >= 15 is 0 Å². The lowest BCUT2D eigenvalue weighted by Gasteiger charge is -2.19. The van der Waals surface area contributed by atoms with Gasteiger partial charge in [0.05, 0.1) is 16.3 Å². The van der Waals surface area contributed by atoms with Crippen molar-refractivity contribution in [2.45, 2.75) is 18.2 Å². The highest BCUT2D eigenvalue weighted by molar-refractivity contribution is 7.89. The molecule has 0 bridgehead atoms. The Kier molecular flexibility index (Phi) is 5.70. The maximum absolute atomic E-state index is 13.7. The Morgan fingerprint density at radius 3 is 2.56 bits per heavy atom. The van der Waals surface area contributed by atoms with E-state index in [0.29, 0.717) is 41.2 Å². The van der Waals surface area contributed by atoms with E-state index in [1.165, 1.54) is 6.07 Å². The van der Waals surface area contributed by atoms with E-state index in [1.54, 1.807) is 58.1 Å². The second kappa shape index (κ2) is 8.74. The van der Waals surface area contributed by atoms with Crippen LogP contribution >= 0.6 is 0 Å². The van der Waals surface area contributed by atoms with E-state index in [-0.39, 0.29) is 16.6 Å². The summed E-state index contributed by atoms with van der Waals surface area (Å²) in [4.78, 5) is 15.4. The zero-order valence-electron chi connectivity index (χ0n) is 19.5. The first-order valence-corrected chi connectivity index (χ1v) is 12.8. The van der Waals surface area contributed by atoms with Crippen LogP contribution in [-0.2, 0) is 16.4 Å². The van der Waals surface area contributed by atoms with Gasteiger partial charge in [-0.05, 0) is 60.9 Å². The second-order valence-electron chi connectivity index (χ2n) is 8.64. The molecule has 3 aromatic carbocycles. The van der Waals surface area contributed by atoms with E-state index < -0.39 is 10.0 Å². The molecule has 1 aliphatic rings. The highest BCUT2D eigenvalue weighted by atomic mass is 32.2. The van der Waals surface area contributed by atoms with Gasteiger partial charge in [-0.3, -0.25) is 10.2 Å². The molecule has 9 nitrogen and oxygen atoms in total. The molecular weight excluding hydrogens is 476 g/mol. The van der Waals surface area contributed by atoms with Crippen molar-refractivity contribution >= 4 is 27.5 Å². The van der Waals surface area contributed by atoms with Crippen LogP contribution in [-0.4, -0.2) is 36.5 Å². The maximum atomic E-state index is 13.7. The normalized spacial score (nSPS) is 13.0. The number of nitrogen functional groups attached to an aromatic ring is 1. The molecule has 0 saturated heterocycles. The van der Waals surface area contributed by atoms with Crippen LogP contribution in [0.5, 0.6) is 0 Å². The standard InChI is InChI=1S/C26H24N6O3S/c1-16-13-23(32(30-16)20-6-4-5-19(15-20)25(27)28)26(33)31-12-11-18-14-17(9-10-22(18)31)21-7-2-3-8-24(21)36(29,34)35/h2-10,13-15H,11-12H2,1H3,(H3,27,28)(H2,29,34,35). The second-order valence-corrected chi connectivity index (χ2v) is 10.2. The number of carbonyl (C=O) groups is 1. The summed E-state index contributed by atoms with van der Waals surface area (Å²) in [6, 6.07) is 20.9. The fourth-order valence-electron chi connectivity index (χ4n) is 4.53. The lowest BCUT2D eigenvalue weighted by Crippen LogP contribution is -2.30. The van der Waals surface area contributed by atoms with Gasteiger partial charge >= 0.3 is 0 Å². The third-order valence-corrected chi connectivity index (χ3v) is 7.15.